The van der Waals surface area contributed by atoms with Crippen LogP contribution in [0.5, 0.6) is 5.75 Å². The minimum atomic E-state index is -4.63. The van der Waals surface area contributed by atoms with Crippen molar-refractivity contribution in [3.05, 3.63) is 41.4 Å². The van der Waals surface area contributed by atoms with Crippen LogP contribution in [0.15, 0.2) is 28.7 Å². The molecule has 3 aromatic rings. The highest BCUT2D eigenvalue weighted by atomic mass is 19.4. The maximum atomic E-state index is 13.1. The zero-order valence-electron chi connectivity index (χ0n) is 16.1. The van der Waals surface area contributed by atoms with Gasteiger partial charge in [-0.3, -0.25) is 4.79 Å². The summed E-state index contributed by atoms with van der Waals surface area (Å²) >= 11 is 0. The third-order valence-corrected chi connectivity index (χ3v) is 4.24. The Morgan fingerprint density at radius 3 is 2.63 bits per heavy atom. The molecule has 0 aliphatic heterocycles. The second-order valence-electron chi connectivity index (χ2n) is 6.41. The fourth-order valence-electron chi connectivity index (χ4n) is 2.87. The number of amides is 1. The second kappa shape index (κ2) is 8.28. The molecule has 0 saturated heterocycles. The highest BCUT2D eigenvalue weighted by molar-refractivity contribution is 5.98. The Morgan fingerprint density at radius 2 is 2.03 bits per heavy atom. The number of alkyl halides is 3. The molecule has 0 aliphatic rings. The van der Waals surface area contributed by atoms with Crippen LogP contribution in [0, 0.1) is 0 Å². The molecule has 0 radical (unpaired) electrons. The lowest BCUT2D eigenvalue weighted by Gasteiger charge is -2.11. The van der Waals surface area contributed by atoms with Crippen LogP contribution in [-0.2, 0) is 6.18 Å². The number of fused-ring (bicyclic) bond motifs is 1. The molecule has 30 heavy (non-hydrogen) atoms. The number of pyridine rings is 1. The molecular formula is C19H19F3N4O4. The van der Waals surface area contributed by atoms with E-state index in [9.17, 15) is 18.0 Å². The summed E-state index contributed by atoms with van der Waals surface area (Å²) in [5, 5.41) is 11.6. The molecule has 8 nitrogen and oxygen atoms in total. The second-order valence-corrected chi connectivity index (χ2v) is 6.41. The number of oxazole rings is 1. The maximum Gasteiger partial charge on any atom is 0.433 e. The van der Waals surface area contributed by atoms with Crippen molar-refractivity contribution in [3.8, 4) is 17.2 Å². The molecule has 1 amide bonds. The number of carbonyl (C=O) groups excluding carboxylic acids is 1. The molecule has 2 aromatic heterocycles. The molecule has 0 aliphatic carbocycles. The van der Waals surface area contributed by atoms with Gasteiger partial charge in [0.15, 0.2) is 11.5 Å². The molecule has 0 bridgehead atoms. The molecule has 0 unspecified atom stereocenters. The lowest BCUT2D eigenvalue weighted by atomic mass is 10.1. The van der Waals surface area contributed by atoms with Gasteiger partial charge in [0.1, 0.15) is 17.0 Å². The molecule has 3 rings (SSSR count). The monoisotopic (exact) mass is 424 g/mol. The summed E-state index contributed by atoms with van der Waals surface area (Å²) in [7, 11) is 1.32. The Labute approximate surface area is 168 Å². The van der Waals surface area contributed by atoms with Gasteiger partial charge in [-0.25, -0.2) is 9.97 Å². The molecule has 2 heterocycles. The van der Waals surface area contributed by atoms with Crippen molar-refractivity contribution in [2.45, 2.75) is 19.1 Å². The fourth-order valence-corrected chi connectivity index (χ4v) is 2.87. The number of nitrogens with zero attached hydrogens (tertiary/aromatic N) is 2. The number of nitrogens with one attached hydrogen (secondary N) is 1. The summed E-state index contributed by atoms with van der Waals surface area (Å²) in [5.74, 6) is -0.365. The number of nitrogens with two attached hydrogens (primary N) is 1. The van der Waals surface area contributed by atoms with Gasteiger partial charge in [0.25, 0.3) is 5.91 Å². The summed E-state index contributed by atoms with van der Waals surface area (Å²) < 4.78 is 50.1. The van der Waals surface area contributed by atoms with Crippen LogP contribution in [0.2, 0.25) is 0 Å². The van der Waals surface area contributed by atoms with Gasteiger partial charge in [-0.1, -0.05) is 0 Å². The van der Waals surface area contributed by atoms with E-state index in [0.717, 1.165) is 6.07 Å². The third-order valence-electron chi connectivity index (χ3n) is 4.24. The number of hydrogen-bond acceptors (Lipinski definition) is 7. The van der Waals surface area contributed by atoms with Crippen molar-refractivity contribution in [2.24, 2.45) is 5.73 Å². The van der Waals surface area contributed by atoms with Gasteiger partial charge in [0.2, 0.25) is 5.89 Å². The van der Waals surface area contributed by atoms with Crippen molar-refractivity contribution in [3.63, 3.8) is 0 Å². The molecule has 1 atom stereocenters. The largest absolute Gasteiger partial charge is 0.494 e. The molecule has 4 N–H and O–H groups in total. The van der Waals surface area contributed by atoms with Crippen LogP contribution in [0.3, 0.4) is 0 Å². The molecule has 0 fully saturated rings. The number of aromatic nitrogens is 2. The standard InChI is InChI=1S/C19H19F3N4O4/c1-9(23)16-15(17(28)24-7-8-27)26-18(30-16)11-3-5-12(29-2)14-10(11)4-6-13(25-14)19(20,21)22/h3-6,9,27H,7-8,23H2,1-2H3,(H,24,28)/t9-/m0/s1. The topological polar surface area (TPSA) is 124 Å². The maximum absolute atomic E-state index is 13.1. The van der Waals surface area contributed by atoms with E-state index in [1.165, 1.54) is 19.2 Å². The van der Waals surface area contributed by atoms with Crippen LogP contribution < -0.4 is 15.8 Å². The summed E-state index contributed by atoms with van der Waals surface area (Å²) in [5.41, 5.74) is 5.02. The summed E-state index contributed by atoms with van der Waals surface area (Å²) in [6, 6.07) is 4.38. The first-order valence-corrected chi connectivity index (χ1v) is 8.88. The van der Waals surface area contributed by atoms with Gasteiger partial charge >= 0.3 is 6.18 Å². The van der Waals surface area contributed by atoms with E-state index in [-0.39, 0.29) is 41.8 Å². The number of rotatable bonds is 6. The average molecular weight is 424 g/mol. The summed E-state index contributed by atoms with van der Waals surface area (Å²) in [6.07, 6.45) is -4.63. The van der Waals surface area contributed by atoms with Crippen LogP contribution in [0.1, 0.15) is 34.9 Å². The first-order chi connectivity index (χ1) is 14.2. The van der Waals surface area contributed by atoms with Crippen molar-refractivity contribution in [2.75, 3.05) is 20.3 Å². The zero-order valence-corrected chi connectivity index (χ0v) is 16.1. The predicted octanol–water partition coefficient (Wildman–Crippen LogP) is 2.66. The Bertz CT molecular complexity index is 1080. The number of carbonyl (C=O) groups is 1. The number of ether oxygens (including phenoxy) is 1. The van der Waals surface area contributed by atoms with Gasteiger partial charge in [-0.05, 0) is 31.2 Å². The smallest absolute Gasteiger partial charge is 0.433 e. The van der Waals surface area contributed by atoms with E-state index in [4.69, 9.17) is 20.0 Å². The van der Waals surface area contributed by atoms with Gasteiger partial charge in [-0.2, -0.15) is 13.2 Å². The van der Waals surface area contributed by atoms with Crippen LogP contribution in [0.4, 0.5) is 13.2 Å². The van der Waals surface area contributed by atoms with Crippen LogP contribution >= 0.6 is 0 Å². The van der Waals surface area contributed by atoms with E-state index in [0.29, 0.717) is 10.9 Å². The van der Waals surface area contributed by atoms with Crippen LogP contribution in [0.25, 0.3) is 22.4 Å². The Balaban J connectivity index is 2.18. The number of hydrogen-bond donors (Lipinski definition) is 3. The first kappa shape index (κ1) is 21.5. The number of benzene rings is 1. The summed E-state index contributed by atoms with van der Waals surface area (Å²) in [6.45, 7) is 1.34. The lowest BCUT2D eigenvalue weighted by Crippen LogP contribution is -2.28. The van der Waals surface area contributed by atoms with E-state index in [2.05, 4.69) is 15.3 Å². The Hall–Kier alpha value is -3.18. The SMILES string of the molecule is COc1ccc(-c2nc(C(=O)NCCO)c([C@H](C)N)o2)c2ccc(C(F)(F)F)nc12. The van der Waals surface area contributed by atoms with Gasteiger partial charge < -0.3 is 25.3 Å². The van der Waals surface area contributed by atoms with E-state index in [1.54, 1.807) is 13.0 Å². The predicted molar refractivity (Wildman–Crippen MR) is 101 cm³/mol. The molecule has 160 valence electrons. The number of halogens is 3. The molecular weight excluding hydrogens is 405 g/mol. The zero-order chi connectivity index (χ0) is 22.1. The van der Waals surface area contributed by atoms with Crippen LogP contribution in [-0.4, -0.2) is 41.2 Å². The average Bonchev–Trinajstić information content (AvgIpc) is 3.15. The fraction of sp³-hybridized carbons (Fsp3) is 0.316. The molecule has 11 heteroatoms. The van der Waals surface area contributed by atoms with Crippen molar-refractivity contribution in [1.29, 1.82) is 0 Å². The minimum Gasteiger partial charge on any atom is -0.494 e. The third kappa shape index (κ3) is 4.07. The number of aliphatic hydroxyl groups is 1. The number of methoxy groups -OCH3 is 1. The Kier molecular flexibility index (Phi) is 5.94. The first-order valence-electron chi connectivity index (χ1n) is 8.88. The van der Waals surface area contributed by atoms with E-state index in [1.807, 2.05) is 0 Å². The summed E-state index contributed by atoms with van der Waals surface area (Å²) in [4.78, 5) is 20.2. The highest BCUT2D eigenvalue weighted by Crippen LogP contribution is 2.37. The van der Waals surface area contributed by atoms with Crippen molar-refractivity contribution in [1.82, 2.24) is 15.3 Å². The molecule has 1 aromatic carbocycles. The molecule has 0 spiro atoms. The quantitative estimate of drug-likeness (QED) is 0.556. The van der Waals surface area contributed by atoms with Gasteiger partial charge in [-0.15, -0.1) is 0 Å². The van der Waals surface area contributed by atoms with Crippen molar-refractivity contribution >= 4 is 16.8 Å². The molecule has 0 saturated carbocycles. The minimum absolute atomic E-state index is 0.00865. The van der Waals surface area contributed by atoms with Crippen molar-refractivity contribution < 1.29 is 32.2 Å². The van der Waals surface area contributed by atoms with Gasteiger partial charge in [0.05, 0.1) is 19.8 Å². The Morgan fingerprint density at radius 1 is 1.30 bits per heavy atom. The lowest BCUT2D eigenvalue weighted by molar-refractivity contribution is -0.140. The highest BCUT2D eigenvalue weighted by Gasteiger charge is 2.33. The van der Waals surface area contributed by atoms with E-state index >= 15 is 0 Å². The number of aliphatic hydroxyl groups excluding tert-OH is 1. The normalized spacial score (nSPS) is 12.8. The van der Waals surface area contributed by atoms with E-state index < -0.39 is 23.8 Å². The van der Waals surface area contributed by atoms with Gasteiger partial charge in [0, 0.05) is 17.5 Å².